The molecule has 0 N–H and O–H groups in total. The molecule has 1 rings (SSSR count). The summed E-state index contributed by atoms with van der Waals surface area (Å²) >= 11 is 3.57. The van der Waals surface area contributed by atoms with E-state index in [4.69, 9.17) is 0 Å². The second-order valence-corrected chi connectivity index (χ2v) is 4.05. The van der Waals surface area contributed by atoms with Crippen molar-refractivity contribution >= 4 is 15.9 Å². The third kappa shape index (κ3) is 2.12. The molecule has 0 aliphatic heterocycles. The molecular weight excluding hydrogens is 188 g/mol. The Balaban J connectivity index is 2.47. The molecule has 0 saturated heterocycles. The van der Waals surface area contributed by atoms with Gasteiger partial charge in [0, 0.05) is 5.33 Å². The van der Waals surface area contributed by atoms with Crippen molar-refractivity contribution in [3.05, 3.63) is 12.2 Å². The lowest BCUT2D eigenvalue weighted by Gasteiger charge is -2.24. The van der Waals surface area contributed by atoms with Crippen LogP contribution in [0.5, 0.6) is 0 Å². The van der Waals surface area contributed by atoms with Gasteiger partial charge in [0.05, 0.1) is 0 Å². The van der Waals surface area contributed by atoms with Gasteiger partial charge in [-0.3, -0.25) is 0 Å². The monoisotopic (exact) mass is 202 g/mol. The molecule has 10 heavy (non-hydrogen) atoms. The maximum absolute atomic E-state index is 3.57. The zero-order valence-electron chi connectivity index (χ0n) is 6.57. The number of hydrogen-bond donors (Lipinski definition) is 0. The highest BCUT2D eigenvalue weighted by atomic mass is 79.9. The summed E-state index contributed by atoms with van der Waals surface area (Å²) in [5.74, 6) is 0. The minimum atomic E-state index is 0.559. The van der Waals surface area contributed by atoms with Crippen molar-refractivity contribution in [2.45, 2.75) is 32.6 Å². The lowest BCUT2D eigenvalue weighted by Crippen LogP contribution is -2.16. The highest BCUT2D eigenvalue weighted by Crippen LogP contribution is 2.33. The van der Waals surface area contributed by atoms with E-state index in [1.807, 2.05) is 0 Å². The summed E-state index contributed by atoms with van der Waals surface area (Å²) in [6, 6.07) is 0. The van der Waals surface area contributed by atoms with Crippen molar-refractivity contribution in [2.24, 2.45) is 5.41 Å². The SMILES string of the molecule is CC1(CBr)CCC=CCC1. The maximum atomic E-state index is 3.57. The molecule has 0 aromatic rings. The Bertz CT molecular complexity index is 117. The van der Waals surface area contributed by atoms with Crippen LogP contribution in [0.25, 0.3) is 0 Å². The predicted octanol–water partition coefficient (Wildman–Crippen LogP) is 3.52. The molecule has 0 spiro atoms. The van der Waals surface area contributed by atoms with Crippen LogP contribution in [0.2, 0.25) is 0 Å². The molecule has 0 heterocycles. The molecule has 0 aromatic heterocycles. The topological polar surface area (TPSA) is 0 Å². The first kappa shape index (κ1) is 8.32. The van der Waals surface area contributed by atoms with Crippen molar-refractivity contribution in [1.82, 2.24) is 0 Å². The maximum Gasteiger partial charge on any atom is 0.00855 e. The van der Waals surface area contributed by atoms with Crippen LogP contribution in [0.1, 0.15) is 32.6 Å². The Morgan fingerprint density at radius 1 is 1.30 bits per heavy atom. The predicted molar refractivity (Wildman–Crippen MR) is 49.5 cm³/mol. The van der Waals surface area contributed by atoms with Crippen molar-refractivity contribution < 1.29 is 0 Å². The minimum absolute atomic E-state index is 0.559. The lowest BCUT2D eigenvalue weighted by molar-refractivity contribution is 0.330. The number of halogens is 1. The van der Waals surface area contributed by atoms with Gasteiger partial charge in [-0.25, -0.2) is 0 Å². The van der Waals surface area contributed by atoms with Crippen LogP contribution in [0.15, 0.2) is 12.2 Å². The van der Waals surface area contributed by atoms with E-state index < -0.39 is 0 Å². The Morgan fingerprint density at radius 2 is 1.80 bits per heavy atom. The standard InChI is InChI=1S/C9H15Br/c1-9(8-10)6-4-2-3-5-7-9/h2-3H,4-8H2,1H3. The second-order valence-electron chi connectivity index (χ2n) is 3.49. The van der Waals surface area contributed by atoms with Crippen LogP contribution in [0.3, 0.4) is 0 Å². The summed E-state index contributed by atoms with van der Waals surface area (Å²) in [6.07, 6.45) is 9.84. The normalized spacial score (nSPS) is 24.2. The fraction of sp³-hybridized carbons (Fsp3) is 0.778. The number of hydrogen-bond acceptors (Lipinski definition) is 0. The molecule has 0 nitrogen and oxygen atoms in total. The highest BCUT2D eigenvalue weighted by Gasteiger charge is 2.21. The van der Waals surface area contributed by atoms with Gasteiger partial charge < -0.3 is 0 Å². The zero-order chi connectivity index (χ0) is 7.45. The van der Waals surface area contributed by atoms with E-state index >= 15 is 0 Å². The zero-order valence-corrected chi connectivity index (χ0v) is 8.15. The van der Waals surface area contributed by atoms with E-state index in [1.54, 1.807) is 0 Å². The molecule has 0 bridgehead atoms. The van der Waals surface area contributed by atoms with Crippen LogP contribution < -0.4 is 0 Å². The summed E-state index contributed by atoms with van der Waals surface area (Å²) in [5.41, 5.74) is 0.559. The molecule has 1 aliphatic carbocycles. The Morgan fingerprint density at radius 3 is 2.20 bits per heavy atom. The van der Waals surface area contributed by atoms with Gasteiger partial charge in [0.15, 0.2) is 0 Å². The Kier molecular flexibility index (Phi) is 2.96. The number of allylic oxidation sites excluding steroid dienone is 2. The van der Waals surface area contributed by atoms with Gasteiger partial charge >= 0.3 is 0 Å². The average Bonchev–Trinajstić information content (AvgIpc) is 2.15. The van der Waals surface area contributed by atoms with E-state index in [0.29, 0.717) is 5.41 Å². The van der Waals surface area contributed by atoms with Crippen LogP contribution in [0.4, 0.5) is 0 Å². The van der Waals surface area contributed by atoms with Gasteiger partial charge in [0.2, 0.25) is 0 Å². The van der Waals surface area contributed by atoms with E-state index in [9.17, 15) is 0 Å². The van der Waals surface area contributed by atoms with Crippen LogP contribution in [-0.4, -0.2) is 5.33 Å². The Labute approximate surface area is 71.8 Å². The van der Waals surface area contributed by atoms with Crippen LogP contribution in [-0.2, 0) is 0 Å². The molecule has 1 heteroatoms. The van der Waals surface area contributed by atoms with Crippen molar-refractivity contribution in [3.63, 3.8) is 0 Å². The van der Waals surface area contributed by atoms with Crippen LogP contribution >= 0.6 is 15.9 Å². The fourth-order valence-electron chi connectivity index (χ4n) is 1.36. The summed E-state index contributed by atoms with van der Waals surface area (Å²) in [5, 5.41) is 1.15. The van der Waals surface area contributed by atoms with Crippen molar-refractivity contribution in [1.29, 1.82) is 0 Å². The molecule has 0 unspecified atom stereocenters. The summed E-state index contributed by atoms with van der Waals surface area (Å²) < 4.78 is 0. The average molecular weight is 203 g/mol. The molecule has 0 amide bonds. The minimum Gasteiger partial charge on any atom is -0.0922 e. The van der Waals surface area contributed by atoms with E-state index in [1.165, 1.54) is 25.7 Å². The first-order valence-corrected chi connectivity index (χ1v) is 5.10. The Hall–Kier alpha value is 0.220. The molecule has 1 aliphatic rings. The molecular formula is C9H15Br. The summed E-state index contributed by atoms with van der Waals surface area (Å²) in [4.78, 5) is 0. The van der Waals surface area contributed by atoms with Gasteiger partial charge in [-0.1, -0.05) is 35.0 Å². The van der Waals surface area contributed by atoms with Crippen molar-refractivity contribution in [2.75, 3.05) is 5.33 Å². The summed E-state index contributed by atoms with van der Waals surface area (Å²) in [6.45, 7) is 2.37. The fourth-order valence-corrected chi connectivity index (χ4v) is 1.92. The van der Waals surface area contributed by atoms with Crippen molar-refractivity contribution in [3.8, 4) is 0 Å². The summed E-state index contributed by atoms with van der Waals surface area (Å²) in [7, 11) is 0. The molecule has 0 radical (unpaired) electrons. The second kappa shape index (κ2) is 3.56. The first-order valence-electron chi connectivity index (χ1n) is 3.98. The molecule has 58 valence electrons. The smallest absolute Gasteiger partial charge is 0.00855 e. The van der Waals surface area contributed by atoms with Gasteiger partial charge in [-0.2, -0.15) is 0 Å². The number of rotatable bonds is 1. The molecule has 0 aromatic carbocycles. The molecule has 0 atom stereocenters. The first-order chi connectivity index (χ1) is 4.77. The largest absolute Gasteiger partial charge is 0.0922 e. The highest BCUT2D eigenvalue weighted by molar-refractivity contribution is 9.09. The van der Waals surface area contributed by atoms with E-state index in [2.05, 4.69) is 35.0 Å². The van der Waals surface area contributed by atoms with Gasteiger partial charge in [0.1, 0.15) is 0 Å². The third-order valence-corrected chi connectivity index (χ3v) is 3.67. The van der Waals surface area contributed by atoms with E-state index in [-0.39, 0.29) is 0 Å². The number of alkyl halides is 1. The molecule has 0 saturated carbocycles. The quantitative estimate of drug-likeness (QED) is 0.451. The van der Waals surface area contributed by atoms with Crippen LogP contribution in [0, 0.1) is 5.41 Å². The molecule has 0 fully saturated rings. The van der Waals surface area contributed by atoms with Gasteiger partial charge in [0.25, 0.3) is 0 Å². The third-order valence-electron chi connectivity index (χ3n) is 2.32. The lowest BCUT2D eigenvalue weighted by atomic mass is 9.85. The van der Waals surface area contributed by atoms with E-state index in [0.717, 1.165) is 5.33 Å². The van der Waals surface area contributed by atoms with Gasteiger partial charge in [-0.05, 0) is 31.1 Å². The van der Waals surface area contributed by atoms with Gasteiger partial charge in [-0.15, -0.1) is 0 Å².